The number of anilines is 1. The first-order valence-electron chi connectivity index (χ1n) is 5.96. The molecule has 0 bridgehead atoms. The van der Waals surface area contributed by atoms with Crippen LogP contribution in [0.5, 0.6) is 0 Å². The fraction of sp³-hybridized carbons (Fsp3) is 0.500. The van der Waals surface area contributed by atoms with Crippen molar-refractivity contribution in [3.8, 4) is 0 Å². The third-order valence-electron chi connectivity index (χ3n) is 3.16. The Morgan fingerprint density at radius 3 is 2.78 bits per heavy atom. The zero-order chi connectivity index (χ0) is 13.2. The van der Waals surface area contributed by atoms with Crippen molar-refractivity contribution < 1.29 is 12.8 Å². The van der Waals surface area contributed by atoms with Gasteiger partial charge in [0.2, 0.25) is 0 Å². The van der Waals surface area contributed by atoms with Crippen LogP contribution in [0, 0.1) is 5.82 Å². The highest BCUT2D eigenvalue weighted by molar-refractivity contribution is 7.91. The van der Waals surface area contributed by atoms with Crippen LogP contribution in [-0.2, 0) is 16.4 Å². The maximum absolute atomic E-state index is 13.1. The predicted molar refractivity (Wildman–Crippen MR) is 69.8 cm³/mol. The number of sulfone groups is 1. The highest BCUT2D eigenvalue weighted by Gasteiger charge is 2.20. The molecule has 18 heavy (non-hydrogen) atoms. The fourth-order valence-electron chi connectivity index (χ4n) is 2.21. The summed E-state index contributed by atoms with van der Waals surface area (Å²) < 4.78 is 36.2. The quantitative estimate of drug-likeness (QED) is 0.869. The minimum absolute atomic E-state index is 0.147. The third kappa shape index (κ3) is 3.00. The average molecular weight is 272 g/mol. The van der Waals surface area contributed by atoms with Crippen LogP contribution in [0.2, 0.25) is 0 Å². The minimum Gasteiger partial charge on any atom is -0.370 e. The van der Waals surface area contributed by atoms with Crippen LogP contribution in [0.15, 0.2) is 18.2 Å². The Morgan fingerprint density at radius 2 is 2.06 bits per heavy atom. The summed E-state index contributed by atoms with van der Waals surface area (Å²) in [5.74, 6) is 0.0541. The Labute approximate surface area is 107 Å². The second-order valence-electron chi connectivity index (χ2n) is 4.47. The largest absolute Gasteiger partial charge is 0.370 e. The van der Waals surface area contributed by atoms with Crippen LogP contribution in [-0.4, -0.2) is 33.0 Å². The molecule has 0 aromatic heterocycles. The molecule has 2 rings (SSSR count). The fourth-order valence-corrected chi connectivity index (χ4v) is 3.48. The molecule has 0 atom stereocenters. The molecular formula is C12H17FN2O2S. The van der Waals surface area contributed by atoms with E-state index in [-0.39, 0.29) is 23.9 Å². The highest BCUT2D eigenvalue weighted by atomic mass is 32.2. The molecule has 0 spiro atoms. The van der Waals surface area contributed by atoms with E-state index in [1.165, 1.54) is 12.1 Å². The van der Waals surface area contributed by atoms with Gasteiger partial charge >= 0.3 is 0 Å². The van der Waals surface area contributed by atoms with Gasteiger partial charge in [0.25, 0.3) is 0 Å². The average Bonchev–Trinajstić information content (AvgIpc) is 2.50. The van der Waals surface area contributed by atoms with E-state index >= 15 is 0 Å². The lowest BCUT2D eigenvalue weighted by molar-refractivity contribution is 0.597. The van der Waals surface area contributed by atoms with Crippen molar-refractivity contribution in [2.75, 3.05) is 29.5 Å². The van der Waals surface area contributed by atoms with Gasteiger partial charge in [-0.15, -0.1) is 0 Å². The van der Waals surface area contributed by atoms with Gasteiger partial charge in [-0.1, -0.05) is 0 Å². The molecule has 1 fully saturated rings. The summed E-state index contributed by atoms with van der Waals surface area (Å²) in [5, 5.41) is 0. The Morgan fingerprint density at radius 1 is 1.28 bits per heavy atom. The van der Waals surface area contributed by atoms with E-state index in [9.17, 15) is 12.8 Å². The molecule has 2 N–H and O–H groups in total. The first-order valence-corrected chi connectivity index (χ1v) is 7.78. The number of hydrogen-bond acceptors (Lipinski definition) is 4. The van der Waals surface area contributed by atoms with Crippen LogP contribution in [0.3, 0.4) is 0 Å². The van der Waals surface area contributed by atoms with Gasteiger partial charge in [-0.05, 0) is 30.2 Å². The van der Waals surface area contributed by atoms with Gasteiger partial charge in [-0.3, -0.25) is 0 Å². The second kappa shape index (κ2) is 5.24. The molecule has 1 saturated heterocycles. The summed E-state index contributed by atoms with van der Waals surface area (Å²) in [7, 11) is -2.93. The molecule has 1 heterocycles. The maximum Gasteiger partial charge on any atom is 0.152 e. The molecule has 0 unspecified atom stereocenters. The van der Waals surface area contributed by atoms with Crippen LogP contribution in [0.1, 0.15) is 12.0 Å². The SMILES string of the molecule is NCc1cc(F)ccc1N1CCCS(=O)(=O)CC1. The van der Waals surface area contributed by atoms with Crippen molar-refractivity contribution in [1.82, 2.24) is 0 Å². The molecule has 1 aromatic rings. The molecule has 1 aliphatic heterocycles. The molecule has 1 aromatic carbocycles. The van der Waals surface area contributed by atoms with Gasteiger partial charge < -0.3 is 10.6 Å². The topological polar surface area (TPSA) is 63.4 Å². The lowest BCUT2D eigenvalue weighted by atomic mass is 10.1. The summed E-state index contributed by atoms with van der Waals surface area (Å²) in [6.45, 7) is 1.36. The summed E-state index contributed by atoms with van der Waals surface area (Å²) in [5.41, 5.74) is 7.17. The highest BCUT2D eigenvalue weighted by Crippen LogP contribution is 2.23. The van der Waals surface area contributed by atoms with Crippen LogP contribution in [0.4, 0.5) is 10.1 Å². The first kappa shape index (κ1) is 13.3. The van der Waals surface area contributed by atoms with Crippen molar-refractivity contribution in [1.29, 1.82) is 0 Å². The van der Waals surface area contributed by atoms with E-state index < -0.39 is 9.84 Å². The van der Waals surface area contributed by atoms with E-state index in [1.807, 2.05) is 4.90 Å². The molecule has 1 aliphatic rings. The summed E-state index contributed by atoms with van der Waals surface area (Å²) in [6.07, 6.45) is 0.601. The normalized spacial score (nSPS) is 19.6. The van der Waals surface area contributed by atoms with Gasteiger partial charge in [0.1, 0.15) is 5.82 Å². The molecule has 0 saturated carbocycles. The van der Waals surface area contributed by atoms with E-state index in [2.05, 4.69) is 0 Å². The second-order valence-corrected chi connectivity index (χ2v) is 6.77. The molecule has 6 heteroatoms. The zero-order valence-corrected chi connectivity index (χ0v) is 10.9. The molecule has 0 aliphatic carbocycles. The summed E-state index contributed by atoms with van der Waals surface area (Å²) in [4.78, 5) is 1.98. The van der Waals surface area contributed by atoms with Crippen molar-refractivity contribution in [2.45, 2.75) is 13.0 Å². The summed E-state index contributed by atoms with van der Waals surface area (Å²) >= 11 is 0. The van der Waals surface area contributed by atoms with Gasteiger partial charge in [0, 0.05) is 25.3 Å². The zero-order valence-electron chi connectivity index (χ0n) is 10.1. The van der Waals surface area contributed by atoms with Gasteiger partial charge in [0.05, 0.1) is 11.5 Å². The predicted octanol–water partition coefficient (Wildman–Crippen LogP) is 0.909. The van der Waals surface area contributed by atoms with Crippen molar-refractivity contribution in [3.63, 3.8) is 0 Å². The van der Waals surface area contributed by atoms with Crippen molar-refractivity contribution in [2.24, 2.45) is 5.73 Å². The van der Waals surface area contributed by atoms with Crippen molar-refractivity contribution in [3.05, 3.63) is 29.6 Å². The monoisotopic (exact) mass is 272 g/mol. The minimum atomic E-state index is -2.93. The third-order valence-corrected chi connectivity index (χ3v) is 4.87. The van der Waals surface area contributed by atoms with Crippen molar-refractivity contribution >= 4 is 15.5 Å². The lowest BCUT2D eigenvalue weighted by Crippen LogP contribution is -2.28. The Kier molecular flexibility index (Phi) is 3.87. The molecule has 0 amide bonds. The number of rotatable bonds is 2. The number of nitrogens with zero attached hydrogens (tertiary/aromatic N) is 1. The molecule has 100 valence electrons. The lowest BCUT2D eigenvalue weighted by Gasteiger charge is -2.24. The Bertz CT molecular complexity index is 531. The number of benzene rings is 1. The van der Waals surface area contributed by atoms with E-state index in [0.717, 1.165) is 5.69 Å². The first-order chi connectivity index (χ1) is 8.52. The van der Waals surface area contributed by atoms with Crippen LogP contribution < -0.4 is 10.6 Å². The maximum atomic E-state index is 13.1. The standard InChI is InChI=1S/C12H17FN2O2S/c13-11-2-3-12(10(8-11)9-14)15-4-1-6-18(16,17)7-5-15/h2-3,8H,1,4-7,9,14H2. The number of nitrogens with two attached hydrogens (primary N) is 1. The molecular weight excluding hydrogens is 255 g/mol. The van der Waals surface area contributed by atoms with Gasteiger partial charge in [0.15, 0.2) is 9.84 Å². The van der Waals surface area contributed by atoms with Gasteiger partial charge in [-0.25, -0.2) is 12.8 Å². The van der Waals surface area contributed by atoms with E-state index in [1.54, 1.807) is 6.07 Å². The number of hydrogen-bond donors (Lipinski definition) is 1. The molecule has 4 nitrogen and oxygen atoms in total. The summed E-state index contributed by atoms with van der Waals surface area (Å²) in [6, 6.07) is 4.47. The Balaban J connectivity index is 2.26. The number of halogens is 1. The Hall–Kier alpha value is -1.14. The van der Waals surface area contributed by atoms with Crippen LogP contribution in [0.25, 0.3) is 0 Å². The van der Waals surface area contributed by atoms with E-state index in [0.29, 0.717) is 25.1 Å². The van der Waals surface area contributed by atoms with E-state index in [4.69, 9.17) is 5.73 Å². The smallest absolute Gasteiger partial charge is 0.152 e. The van der Waals surface area contributed by atoms with Crippen LogP contribution >= 0.6 is 0 Å². The molecule has 0 radical (unpaired) electrons. The van der Waals surface area contributed by atoms with Gasteiger partial charge in [-0.2, -0.15) is 0 Å².